The molecule has 5 aliphatic rings. The van der Waals surface area contributed by atoms with Crippen LogP contribution in [0.4, 0.5) is 0 Å². The molecule has 5 aliphatic carbocycles. The molecular formula is C22H30O2. The van der Waals surface area contributed by atoms with Crippen molar-refractivity contribution in [2.45, 2.75) is 59.0 Å². The second-order valence-corrected chi connectivity index (χ2v) is 9.69. The fraction of sp³-hybridized carbons (Fsp3) is 0.773. The molecule has 24 heavy (non-hydrogen) atoms. The lowest BCUT2D eigenvalue weighted by molar-refractivity contribution is -0.118. The van der Waals surface area contributed by atoms with E-state index in [2.05, 4.69) is 39.0 Å². The largest absolute Gasteiger partial charge is 0.388 e. The van der Waals surface area contributed by atoms with Gasteiger partial charge in [-0.05, 0) is 66.8 Å². The summed E-state index contributed by atoms with van der Waals surface area (Å²) in [5.74, 6) is 3.87. The Balaban J connectivity index is 1.55. The van der Waals surface area contributed by atoms with Gasteiger partial charge in [-0.15, -0.1) is 0 Å². The number of ketones is 1. The van der Waals surface area contributed by atoms with Crippen molar-refractivity contribution in [1.29, 1.82) is 0 Å². The number of aliphatic hydroxyl groups excluding tert-OH is 1. The zero-order valence-electron chi connectivity index (χ0n) is 15.2. The Labute approximate surface area is 145 Å². The van der Waals surface area contributed by atoms with Crippen molar-refractivity contribution in [3.63, 3.8) is 0 Å². The van der Waals surface area contributed by atoms with Crippen LogP contribution in [0.15, 0.2) is 23.8 Å². The molecule has 3 unspecified atom stereocenters. The first-order valence-corrected chi connectivity index (χ1v) is 10.0. The normalized spacial score (nSPS) is 57.6. The average molecular weight is 326 g/mol. The van der Waals surface area contributed by atoms with E-state index in [-0.39, 0.29) is 16.9 Å². The van der Waals surface area contributed by atoms with Crippen molar-refractivity contribution < 1.29 is 9.90 Å². The van der Waals surface area contributed by atoms with Crippen LogP contribution < -0.4 is 0 Å². The summed E-state index contributed by atoms with van der Waals surface area (Å²) < 4.78 is 0. The molecule has 5 rings (SSSR count). The Hall–Kier alpha value is -0.890. The Morgan fingerprint density at radius 2 is 2.04 bits per heavy atom. The number of aliphatic hydroxyl groups is 1. The van der Waals surface area contributed by atoms with E-state index in [1.54, 1.807) is 0 Å². The van der Waals surface area contributed by atoms with Crippen LogP contribution in [0, 0.1) is 46.3 Å². The first-order chi connectivity index (χ1) is 11.4. The second-order valence-electron chi connectivity index (χ2n) is 9.69. The molecule has 0 radical (unpaired) electrons. The highest BCUT2D eigenvalue weighted by Gasteiger charge is 2.69. The predicted molar refractivity (Wildman–Crippen MR) is 94.1 cm³/mol. The fourth-order valence-electron chi connectivity index (χ4n) is 7.74. The zero-order valence-corrected chi connectivity index (χ0v) is 15.2. The number of allylic oxidation sites excluding steroid dienone is 3. The summed E-state index contributed by atoms with van der Waals surface area (Å²) in [5.41, 5.74) is 1.76. The second kappa shape index (κ2) is 4.63. The highest BCUT2D eigenvalue weighted by atomic mass is 16.3. The first-order valence-electron chi connectivity index (χ1n) is 10.0. The summed E-state index contributed by atoms with van der Waals surface area (Å²) in [6.07, 6.45) is 12.0. The Morgan fingerprint density at radius 3 is 2.79 bits per heavy atom. The van der Waals surface area contributed by atoms with Gasteiger partial charge in [0, 0.05) is 11.3 Å². The van der Waals surface area contributed by atoms with Crippen LogP contribution in [0.3, 0.4) is 0 Å². The van der Waals surface area contributed by atoms with E-state index in [0.29, 0.717) is 41.3 Å². The quantitative estimate of drug-likeness (QED) is 0.735. The lowest BCUT2D eigenvalue weighted by atomic mass is 9.47. The van der Waals surface area contributed by atoms with E-state index >= 15 is 0 Å². The SMILES string of the molecule is CCC1C2C(=O)C=C3CC[C@H]4[C@@H]5C=C[C@@H](O)[C@@]5(C)CC[C@@H]4[C@@]3(C)C12. The number of hydrogen-bond acceptors (Lipinski definition) is 2. The van der Waals surface area contributed by atoms with Crippen LogP contribution in [-0.4, -0.2) is 17.0 Å². The third-order valence-electron chi connectivity index (χ3n) is 9.10. The maximum atomic E-state index is 12.5. The minimum atomic E-state index is -0.266. The molecule has 0 bridgehead atoms. The minimum Gasteiger partial charge on any atom is -0.388 e. The molecule has 0 spiro atoms. The lowest BCUT2D eigenvalue weighted by Gasteiger charge is -2.57. The van der Waals surface area contributed by atoms with E-state index in [1.807, 2.05) is 0 Å². The molecule has 3 saturated carbocycles. The molecule has 0 heterocycles. The summed E-state index contributed by atoms with van der Waals surface area (Å²) >= 11 is 0. The molecule has 0 saturated heterocycles. The van der Waals surface area contributed by atoms with E-state index in [4.69, 9.17) is 0 Å². The van der Waals surface area contributed by atoms with Gasteiger partial charge in [-0.1, -0.05) is 44.9 Å². The van der Waals surface area contributed by atoms with Crippen LogP contribution in [0.1, 0.15) is 52.9 Å². The maximum absolute atomic E-state index is 12.5. The van der Waals surface area contributed by atoms with E-state index < -0.39 is 0 Å². The van der Waals surface area contributed by atoms with Gasteiger partial charge in [-0.3, -0.25) is 4.79 Å². The summed E-state index contributed by atoms with van der Waals surface area (Å²) in [7, 11) is 0. The van der Waals surface area contributed by atoms with E-state index in [1.165, 1.54) is 18.4 Å². The standard InChI is InChI=1S/C22H30O2/c1-4-13-19-17(23)11-12-5-6-14-15-7-8-18(24)21(15,2)10-9-16(14)22(12,3)20(13)19/h7-8,11,13-16,18-20,24H,4-6,9-10H2,1-3H3/t13?,14-,15-,16-,18+,19?,20?,21-,22-/m0/s1. The molecule has 0 aromatic heterocycles. The number of carbonyl (C=O) groups is 1. The summed E-state index contributed by atoms with van der Waals surface area (Å²) in [6.45, 7) is 7.05. The maximum Gasteiger partial charge on any atom is 0.159 e. The van der Waals surface area contributed by atoms with Crippen molar-refractivity contribution in [2.75, 3.05) is 0 Å². The van der Waals surface area contributed by atoms with E-state index in [9.17, 15) is 9.90 Å². The molecule has 1 N–H and O–H groups in total. The van der Waals surface area contributed by atoms with Gasteiger partial charge in [0.25, 0.3) is 0 Å². The van der Waals surface area contributed by atoms with Crippen molar-refractivity contribution in [3.8, 4) is 0 Å². The molecule has 3 fully saturated rings. The Bertz CT molecular complexity index is 661. The van der Waals surface area contributed by atoms with Crippen molar-refractivity contribution in [1.82, 2.24) is 0 Å². The van der Waals surface area contributed by atoms with Gasteiger partial charge < -0.3 is 5.11 Å². The van der Waals surface area contributed by atoms with Crippen molar-refractivity contribution >= 4 is 5.78 Å². The molecule has 2 heteroatoms. The summed E-state index contributed by atoms with van der Waals surface area (Å²) in [4.78, 5) is 12.5. The zero-order chi connectivity index (χ0) is 16.9. The topological polar surface area (TPSA) is 37.3 Å². The van der Waals surface area contributed by atoms with Gasteiger partial charge in [0.2, 0.25) is 0 Å². The van der Waals surface area contributed by atoms with E-state index in [0.717, 1.165) is 19.3 Å². The van der Waals surface area contributed by atoms with Gasteiger partial charge in [-0.25, -0.2) is 0 Å². The molecular weight excluding hydrogens is 296 g/mol. The molecule has 0 aromatic carbocycles. The van der Waals surface area contributed by atoms with Gasteiger partial charge in [0.1, 0.15) is 0 Å². The molecule has 9 atom stereocenters. The highest BCUT2D eigenvalue weighted by Crippen LogP contribution is 2.72. The number of carbonyl (C=O) groups excluding carboxylic acids is 1. The summed E-state index contributed by atoms with van der Waals surface area (Å²) in [6, 6.07) is 0. The number of hydrogen-bond donors (Lipinski definition) is 1. The van der Waals surface area contributed by atoms with Crippen LogP contribution in [-0.2, 0) is 4.79 Å². The number of rotatable bonds is 1. The molecule has 0 amide bonds. The van der Waals surface area contributed by atoms with Gasteiger partial charge in [0.05, 0.1) is 6.10 Å². The molecule has 0 aliphatic heterocycles. The van der Waals surface area contributed by atoms with Crippen LogP contribution in [0.5, 0.6) is 0 Å². The highest BCUT2D eigenvalue weighted by molar-refractivity contribution is 5.97. The molecule has 0 aromatic rings. The average Bonchev–Trinajstić information content (AvgIpc) is 3.24. The lowest BCUT2D eigenvalue weighted by Crippen LogP contribution is -2.52. The first kappa shape index (κ1) is 15.4. The minimum absolute atomic E-state index is 0.0519. The van der Waals surface area contributed by atoms with Gasteiger partial charge >= 0.3 is 0 Å². The molecule has 130 valence electrons. The fourth-order valence-corrected chi connectivity index (χ4v) is 7.74. The van der Waals surface area contributed by atoms with Gasteiger partial charge in [0.15, 0.2) is 5.78 Å². The van der Waals surface area contributed by atoms with Crippen molar-refractivity contribution in [2.24, 2.45) is 46.3 Å². The molecule has 2 nitrogen and oxygen atoms in total. The van der Waals surface area contributed by atoms with Gasteiger partial charge in [-0.2, -0.15) is 0 Å². The Kier molecular flexibility index (Phi) is 2.97. The third-order valence-corrected chi connectivity index (χ3v) is 9.10. The summed E-state index contributed by atoms with van der Waals surface area (Å²) in [5, 5.41) is 10.5. The third kappa shape index (κ3) is 1.60. The van der Waals surface area contributed by atoms with Crippen LogP contribution >= 0.6 is 0 Å². The Morgan fingerprint density at radius 1 is 1.25 bits per heavy atom. The monoisotopic (exact) mass is 326 g/mol. The smallest absolute Gasteiger partial charge is 0.159 e. The predicted octanol–water partition coefficient (Wildman–Crippen LogP) is 4.15. The van der Waals surface area contributed by atoms with Crippen molar-refractivity contribution in [3.05, 3.63) is 23.8 Å². The van der Waals surface area contributed by atoms with Crippen LogP contribution in [0.25, 0.3) is 0 Å². The number of fused-ring (bicyclic) bond motifs is 7. The van der Waals surface area contributed by atoms with Crippen LogP contribution in [0.2, 0.25) is 0 Å².